The van der Waals surface area contributed by atoms with Gasteiger partial charge in [-0.1, -0.05) is 398 Å². The zero-order chi connectivity index (χ0) is 88.7. The Kier molecular flexibility index (Phi) is 48.5. The van der Waals surface area contributed by atoms with Crippen molar-refractivity contribution in [3.63, 3.8) is 0 Å². The fourth-order valence-corrected chi connectivity index (χ4v) is 14.1. The predicted octanol–water partition coefficient (Wildman–Crippen LogP) is 37.1. The number of hydrogen-bond acceptors (Lipinski definition) is 0. The smallest absolute Gasteiger partial charge is 0.0491 e. The van der Waals surface area contributed by atoms with Crippen molar-refractivity contribution in [1.29, 1.82) is 0 Å². The molecule has 0 atom stereocenters. The normalized spacial score (nSPS) is 9.61. The van der Waals surface area contributed by atoms with E-state index < -0.39 is 0 Å². The molecule has 0 unspecified atom stereocenters. The number of rotatable bonds is 0. The van der Waals surface area contributed by atoms with Gasteiger partial charge in [0, 0.05) is 57.7 Å². The average Bonchev–Trinajstić information content (AvgIpc) is 1.51. The Balaban J connectivity index is 0.000000453. The van der Waals surface area contributed by atoms with Crippen molar-refractivity contribution in [2.75, 3.05) is 0 Å². The number of aromatic nitrogens is 2. The molecule has 16 aromatic carbocycles. The fourth-order valence-electron chi connectivity index (χ4n) is 14.1. The molecule has 2 heterocycles. The van der Waals surface area contributed by atoms with Gasteiger partial charge >= 0.3 is 0 Å². The maximum Gasteiger partial charge on any atom is 0.0491 e. The van der Waals surface area contributed by atoms with Crippen LogP contribution in [-0.2, 0) is 14.1 Å². The first-order valence-electron chi connectivity index (χ1n) is 44.4. The van der Waals surface area contributed by atoms with E-state index in [1.54, 1.807) is 0 Å². The van der Waals surface area contributed by atoms with Crippen molar-refractivity contribution >= 4 is 119 Å². The molecule has 0 radical (unpaired) electrons. The summed E-state index contributed by atoms with van der Waals surface area (Å²) in [7, 11) is 4.25. The van der Waals surface area contributed by atoms with E-state index in [-0.39, 0.29) is 0 Å². The molecular weight excluding hydrogens is 1420 g/mol. The number of nitrogens with zero attached hydrogens (tertiary/aromatic N) is 2. The highest BCUT2D eigenvalue weighted by molar-refractivity contribution is 6.11. The van der Waals surface area contributed by atoms with Gasteiger partial charge in [-0.3, -0.25) is 0 Å². The SMILES string of the molecule is CC.CC.CC.CC.CC.CC.CC.CC.CC.CC.Cc1cc(C)c2ccccc2c1.Cc1ccc(C)c2cc3ccccc3cc12.Cc1ccc2c(c1)c1ccccc1n2C.Cc1ccc2c3ccccc3n(C)c2c1.Cc1ccc2cc(C)c3ccccc3c2c1.Cc1cccc2c(C)c3ccccc3cc12.Cc1ccccc1C. The van der Waals surface area contributed by atoms with E-state index in [9.17, 15) is 0 Å². The minimum absolute atomic E-state index is 1.30. The third-order valence-corrected chi connectivity index (χ3v) is 19.7. The average molecular weight is 1570 g/mol. The third kappa shape index (κ3) is 27.3. The van der Waals surface area contributed by atoms with Crippen LogP contribution >= 0.6 is 0 Å². The largest absolute Gasteiger partial charge is 0.344 e. The van der Waals surface area contributed by atoms with Gasteiger partial charge in [-0.15, -0.1) is 0 Å². The minimum Gasteiger partial charge on any atom is -0.344 e. The summed E-state index contributed by atoms with van der Waals surface area (Å²) in [5.74, 6) is 0. The summed E-state index contributed by atoms with van der Waals surface area (Å²) < 4.78 is 4.52. The van der Waals surface area contributed by atoms with Gasteiger partial charge in [-0.05, 0) is 257 Å². The molecule has 2 nitrogen and oxygen atoms in total. The first-order valence-corrected chi connectivity index (χ1v) is 44.4. The van der Waals surface area contributed by atoms with Gasteiger partial charge < -0.3 is 9.13 Å². The molecule has 0 aliphatic carbocycles. The Hall–Kier alpha value is -11.1. The molecule has 18 rings (SSSR count). The van der Waals surface area contributed by atoms with Crippen molar-refractivity contribution in [3.8, 4) is 0 Å². The summed E-state index contributed by atoms with van der Waals surface area (Å²) in [4.78, 5) is 0. The zero-order valence-electron chi connectivity index (χ0n) is 79.6. The van der Waals surface area contributed by atoms with Gasteiger partial charge in [0.2, 0.25) is 0 Å². The number of aryl methyl sites for hydroxylation is 14. The standard InChI is InChI=1S/3C16H14.2C14H13N.C12H12.C8H10.10C2H6/c1-11-6-5-9-15-12(2)14-8-4-3-7-13(14)10-16(11)15;1-11-7-8-12(2)16-10-14-6-4-3-5-13(14)9-15(11)16;1-11-7-8-13-10-12(2)14-5-3-4-6-15(14)16(13)9-11;1-10-7-8-14-12(9-10)11-5-3-4-6-13(11)15(14)2;1-10-7-8-12-11-5-3-4-6-13(11)15(2)14(12)9-10;1-9-7-10(2)12-6-4-3-5-11(12)8-9;1-7-5-3-4-6-8(7)2;10*1-2/h3*3-10H,1-2H3;2*3-9H,1-2H3;3-8H,1-2H3;3-6H,1-2H3;10*1-2H3. The molecule has 0 amide bonds. The summed E-state index contributed by atoms with van der Waals surface area (Å²) in [5, 5.41) is 24.4. The maximum atomic E-state index is 2.30. The molecule has 624 valence electrons. The third-order valence-electron chi connectivity index (χ3n) is 19.7. The number of para-hydroxylation sites is 2. The fraction of sp³-hybridized carbons (Fsp3) is 0.293. The lowest BCUT2D eigenvalue weighted by Gasteiger charge is -2.09. The molecular formula is C116H150N2. The summed E-state index contributed by atoms with van der Waals surface area (Å²) in [5.41, 5.74) is 21.4. The highest BCUT2D eigenvalue weighted by Crippen LogP contribution is 2.34. The molecule has 2 heteroatoms. The van der Waals surface area contributed by atoms with Crippen LogP contribution in [-0.4, -0.2) is 9.13 Å². The minimum atomic E-state index is 1.30. The molecule has 0 aliphatic rings. The highest BCUT2D eigenvalue weighted by Gasteiger charge is 2.10. The number of benzene rings is 16. The van der Waals surface area contributed by atoms with E-state index in [1.807, 2.05) is 138 Å². The zero-order valence-corrected chi connectivity index (χ0v) is 79.6. The quantitative estimate of drug-likeness (QED) is 0.106. The molecule has 0 saturated carbocycles. The van der Waals surface area contributed by atoms with Gasteiger partial charge in [-0.2, -0.15) is 0 Å². The van der Waals surface area contributed by atoms with Crippen LogP contribution in [0.15, 0.2) is 291 Å². The topological polar surface area (TPSA) is 9.86 Å². The Morgan fingerprint density at radius 3 is 0.966 bits per heavy atom. The van der Waals surface area contributed by atoms with Gasteiger partial charge in [-0.25, -0.2) is 0 Å². The van der Waals surface area contributed by atoms with Crippen molar-refractivity contribution in [2.45, 2.75) is 222 Å². The van der Waals surface area contributed by atoms with Crippen molar-refractivity contribution in [3.05, 3.63) is 358 Å². The Morgan fingerprint density at radius 2 is 0.458 bits per heavy atom. The van der Waals surface area contributed by atoms with Gasteiger partial charge in [0.05, 0.1) is 0 Å². The van der Waals surface area contributed by atoms with Gasteiger partial charge in [0.15, 0.2) is 0 Å². The second-order valence-electron chi connectivity index (χ2n) is 26.9. The predicted molar refractivity (Wildman–Crippen MR) is 546 cm³/mol. The van der Waals surface area contributed by atoms with Crippen LogP contribution in [0.4, 0.5) is 0 Å². The van der Waals surface area contributed by atoms with Crippen LogP contribution in [0.3, 0.4) is 0 Å². The summed E-state index contributed by atoms with van der Waals surface area (Å²) in [6.07, 6.45) is 0. The summed E-state index contributed by atoms with van der Waals surface area (Å²) in [6, 6.07) is 104. The van der Waals surface area contributed by atoms with E-state index >= 15 is 0 Å². The Bertz CT molecular complexity index is 5810. The molecule has 0 aliphatic heterocycles. The second-order valence-corrected chi connectivity index (χ2v) is 26.9. The van der Waals surface area contributed by atoms with Crippen LogP contribution in [0.1, 0.15) is 205 Å². The van der Waals surface area contributed by atoms with E-state index in [4.69, 9.17) is 0 Å². The number of fused-ring (bicyclic) bond motifs is 14. The van der Waals surface area contributed by atoms with E-state index in [1.165, 1.54) is 186 Å². The Labute approximate surface area is 717 Å². The molecule has 0 spiro atoms. The first kappa shape index (κ1) is 103. The van der Waals surface area contributed by atoms with Crippen LogP contribution < -0.4 is 0 Å². The molecule has 2 aromatic heterocycles. The second kappa shape index (κ2) is 55.5. The first-order chi connectivity index (χ1) is 57.4. The van der Waals surface area contributed by atoms with Crippen LogP contribution in [0.25, 0.3) is 119 Å². The van der Waals surface area contributed by atoms with Crippen LogP contribution in [0, 0.1) is 83.1 Å². The van der Waals surface area contributed by atoms with E-state index in [0.29, 0.717) is 0 Å². The van der Waals surface area contributed by atoms with Crippen molar-refractivity contribution < 1.29 is 0 Å². The molecule has 0 N–H and O–H groups in total. The highest BCUT2D eigenvalue weighted by atomic mass is 14.9. The molecule has 118 heavy (non-hydrogen) atoms. The number of hydrogen-bond donors (Lipinski definition) is 0. The van der Waals surface area contributed by atoms with E-state index in [0.717, 1.165) is 0 Å². The lowest BCUT2D eigenvalue weighted by atomic mass is 9.95. The lowest BCUT2D eigenvalue weighted by molar-refractivity contribution is 1.01. The van der Waals surface area contributed by atoms with Crippen molar-refractivity contribution in [1.82, 2.24) is 9.13 Å². The van der Waals surface area contributed by atoms with Crippen LogP contribution in [0.5, 0.6) is 0 Å². The van der Waals surface area contributed by atoms with Gasteiger partial charge in [0.25, 0.3) is 0 Å². The van der Waals surface area contributed by atoms with Crippen molar-refractivity contribution in [2.24, 2.45) is 14.1 Å². The molecule has 0 saturated heterocycles. The maximum absolute atomic E-state index is 2.30. The van der Waals surface area contributed by atoms with Crippen LogP contribution in [0.2, 0.25) is 0 Å². The monoisotopic (exact) mass is 1570 g/mol. The lowest BCUT2D eigenvalue weighted by Crippen LogP contribution is -1.86. The molecule has 0 bridgehead atoms. The van der Waals surface area contributed by atoms with Gasteiger partial charge in [0.1, 0.15) is 0 Å². The molecule has 18 aromatic rings. The Morgan fingerprint density at radius 1 is 0.144 bits per heavy atom. The molecule has 0 fully saturated rings. The van der Waals surface area contributed by atoms with E-state index in [2.05, 4.69) is 398 Å². The summed E-state index contributed by atoms with van der Waals surface area (Å²) >= 11 is 0. The summed E-state index contributed by atoms with van der Waals surface area (Å²) in [6.45, 7) is 65.9.